The van der Waals surface area contributed by atoms with Gasteiger partial charge < -0.3 is 9.64 Å². The number of hydrogen-bond donors (Lipinski definition) is 0. The van der Waals surface area contributed by atoms with Crippen LogP contribution in [-0.4, -0.2) is 7.11 Å². The quantitative estimate of drug-likeness (QED) is 0.619. The SMILES string of the molecule is COc1ccc(CN(Cc2ccccc2)c2ccc(C)cc2)cc1. The van der Waals surface area contributed by atoms with E-state index >= 15 is 0 Å². The molecule has 0 saturated carbocycles. The molecule has 0 radical (unpaired) electrons. The first-order valence-electron chi connectivity index (χ1n) is 8.23. The van der Waals surface area contributed by atoms with Crippen LogP contribution in [0.3, 0.4) is 0 Å². The van der Waals surface area contributed by atoms with Gasteiger partial charge in [-0.1, -0.05) is 60.2 Å². The molecule has 0 heterocycles. The fraction of sp³-hybridized carbons (Fsp3) is 0.182. The molecule has 2 heteroatoms. The lowest BCUT2D eigenvalue weighted by Gasteiger charge is -2.25. The summed E-state index contributed by atoms with van der Waals surface area (Å²) in [5.41, 5.74) is 5.10. The Kier molecular flexibility index (Phi) is 5.17. The minimum absolute atomic E-state index is 0.863. The summed E-state index contributed by atoms with van der Waals surface area (Å²) in [7, 11) is 1.70. The number of aryl methyl sites for hydroxylation is 1. The third-order valence-corrected chi connectivity index (χ3v) is 4.15. The number of benzene rings is 3. The van der Waals surface area contributed by atoms with Crippen LogP contribution < -0.4 is 9.64 Å². The maximum atomic E-state index is 5.25. The van der Waals surface area contributed by atoms with Gasteiger partial charge in [-0.25, -0.2) is 0 Å². The van der Waals surface area contributed by atoms with Gasteiger partial charge in [0.2, 0.25) is 0 Å². The van der Waals surface area contributed by atoms with Crippen molar-refractivity contribution in [2.45, 2.75) is 20.0 Å². The van der Waals surface area contributed by atoms with Gasteiger partial charge in [0, 0.05) is 18.8 Å². The van der Waals surface area contributed by atoms with E-state index in [1.807, 2.05) is 12.1 Å². The highest BCUT2D eigenvalue weighted by Gasteiger charge is 2.09. The number of nitrogens with zero attached hydrogens (tertiary/aromatic N) is 1. The van der Waals surface area contributed by atoms with Crippen molar-refractivity contribution in [3.63, 3.8) is 0 Å². The maximum absolute atomic E-state index is 5.25. The van der Waals surface area contributed by atoms with Crippen LogP contribution in [0.5, 0.6) is 5.75 Å². The van der Waals surface area contributed by atoms with Crippen LogP contribution in [0.2, 0.25) is 0 Å². The Balaban J connectivity index is 1.84. The lowest BCUT2D eigenvalue weighted by atomic mass is 10.1. The van der Waals surface area contributed by atoms with Gasteiger partial charge in [-0.2, -0.15) is 0 Å². The van der Waals surface area contributed by atoms with Gasteiger partial charge in [0.1, 0.15) is 5.75 Å². The molecule has 0 N–H and O–H groups in total. The fourth-order valence-corrected chi connectivity index (χ4v) is 2.75. The molecule has 0 atom stereocenters. The zero-order valence-electron chi connectivity index (χ0n) is 14.3. The molecule has 0 amide bonds. The largest absolute Gasteiger partial charge is 0.497 e. The van der Waals surface area contributed by atoms with E-state index in [1.54, 1.807) is 7.11 Å². The first-order valence-corrected chi connectivity index (χ1v) is 8.23. The molecule has 122 valence electrons. The smallest absolute Gasteiger partial charge is 0.118 e. The highest BCUT2D eigenvalue weighted by molar-refractivity contribution is 5.49. The molecule has 0 aliphatic heterocycles. The van der Waals surface area contributed by atoms with Gasteiger partial charge in [0.25, 0.3) is 0 Å². The van der Waals surface area contributed by atoms with Crippen molar-refractivity contribution in [2.75, 3.05) is 12.0 Å². The molecular formula is C22H23NO. The molecule has 0 bridgehead atoms. The van der Waals surface area contributed by atoms with Crippen LogP contribution in [-0.2, 0) is 13.1 Å². The number of rotatable bonds is 6. The number of ether oxygens (including phenoxy) is 1. The van der Waals surface area contributed by atoms with E-state index < -0.39 is 0 Å². The highest BCUT2D eigenvalue weighted by atomic mass is 16.5. The molecule has 0 aromatic heterocycles. The molecule has 3 aromatic rings. The molecule has 0 saturated heterocycles. The second-order valence-electron chi connectivity index (χ2n) is 6.03. The van der Waals surface area contributed by atoms with E-state index in [2.05, 4.69) is 78.6 Å². The third-order valence-electron chi connectivity index (χ3n) is 4.15. The van der Waals surface area contributed by atoms with Gasteiger partial charge in [0.15, 0.2) is 0 Å². The van der Waals surface area contributed by atoms with Gasteiger partial charge in [-0.3, -0.25) is 0 Å². The number of methoxy groups -OCH3 is 1. The first-order chi connectivity index (χ1) is 11.7. The van der Waals surface area contributed by atoms with E-state index in [0.717, 1.165) is 18.8 Å². The van der Waals surface area contributed by atoms with Gasteiger partial charge >= 0.3 is 0 Å². The summed E-state index contributed by atoms with van der Waals surface area (Å²) < 4.78 is 5.25. The van der Waals surface area contributed by atoms with Crippen LogP contribution in [0.4, 0.5) is 5.69 Å². The van der Waals surface area contributed by atoms with E-state index in [9.17, 15) is 0 Å². The van der Waals surface area contributed by atoms with E-state index in [0.29, 0.717) is 0 Å². The Labute approximate surface area is 144 Å². The van der Waals surface area contributed by atoms with Gasteiger partial charge in [-0.05, 0) is 42.3 Å². The fourth-order valence-electron chi connectivity index (χ4n) is 2.75. The number of hydrogen-bond acceptors (Lipinski definition) is 2. The van der Waals surface area contributed by atoms with Crippen LogP contribution in [0, 0.1) is 6.92 Å². The zero-order valence-corrected chi connectivity index (χ0v) is 14.3. The van der Waals surface area contributed by atoms with Crippen molar-refractivity contribution in [3.05, 3.63) is 95.6 Å². The molecule has 3 rings (SSSR count). The first kappa shape index (κ1) is 16.1. The lowest BCUT2D eigenvalue weighted by molar-refractivity contribution is 0.414. The standard InChI is InChI=1S/C22H23NO/c1-18-8-12-21(13-9-18)23(16-19-6-4-3-5-7-19)17-20-10-14-22(24-2)15-11-20/h3-15H,16-17H2,1-2H3. The van der Waals surface area contributed by atoms with Gasteiger partial charge in [0.05, 0.1) is 7.11 Å². The minimum atomic E-state index is 0.863. The molecule has 3 aromatic carbocycles. The van der Waals surface area contributed by atoms with E-state index in [-0.39, 0.29) is 0 Å². The molecule has 0 spiro atoms. The highest BCUT2D eigenvalue weighted by Crippen LogP contribution is 2.22. The Morgan fingerprint density at radius 1 is 0.708 bits per heavy atom. The molecule has 0 aliphatic rings. The van der Waals surface area contributed by atoms with Crippen molar-refractivity contribution in [3.8, 4) is 5.75 Å². The Hall–Kier alpha value is -2.74. The van der Waals surface area contributed by atoms with Crippen LogP contribution in [0.25, 0.3) is 0 Å². The van der Waals surface area contributed by atoms with E-state index in [4.69, 9.17) is 4.74 Å². The lowest BCUT2D eigenvalue weighted by Crippen LogP contribution is -2.22. The van der Waals surface area contributed by atoms with Crippen molar-refractivity contribution in [1.82, 2.24) is 0 Å². The Morgan fingerprint density at radius 3 is 1.88 bits per heavy atom. The normalized spacial score (nSPS) is 10.4. The average molecular weight is 317 g/mol. The molecule has 2 nitrogen and oxygen atoms in total. The summed E-state index contributed by atoms with van der Waals surface area (Å²) in [6.45, 7) is 3.87. The number of anilines is 1. The summed E-state index contributed by atoms with van der Waals surface area (Å²) in [6.07, 6.45) is 0. The van der Waals surface area contributed by atoms with Gasteiger partial charge in [-0.15, -0.1) is 0 Å². The van der Waals surface area contributed by atoms with E-state index in [1.165, 1.54) is 22.4 Å². The molecular weight excluding hydrogens is 294 g/mol. The molecule has 0 fully saturated rings. The minimum Gasteiger partial charge on any atom is -0.497 e. The summed E-state index contributed by atoms with van der Waals surface area (Å²) in [6, 6.07) is 27.6. The second-order valence-corrected chi connectivity index (χ2v) is 6.03. The Morgan fingerprint density at radius 2 is 1.29 bits per heavy atom. The topological polar surface area (TPSA) is 12.5 Å². The predicted molar refractivity (Wildman–Crippen MR) is 101 cm³/mol. The predicted octanol–water partition coefficient (Wildman–Crippen LogP) is 5.21. The summed E-state index contributed by atoms with van der Waals surface area (Å²) in [5, 5.41) is 0. The Bertz CT molecular complexity index is 748. The molecule has 0 aliphatic carbocycles. The van der Waals surface area contributed by atoms with Crippen molar-refractivity contribution >= 4 is 5.69 Å². The molecule has 24 heavy (non-hydrogen) atoms. The molecule has 0 unspecified atom stereocenters. The van der Waals surface area contributed by atoms with Crippen LogP contribution in [0.1, 0.15) is 16.7 Å². The van der Waals surface area contributed by atoms with Crippen molar-refractivity contribution in [2.24, 2.45) is 0 Å². The monoisotopic (exact) mass is 317 g/mol. The zero-order chi connectivity index (χ0) is 16.8. The maximum Gasteiger partial charge on any atom is 0.118 e. The van der Waals surface area contributed by atoms with Crippen molar-refractivity contribution in [1.29, 1.82) is 0 Å². The summed E-state index contributed by atoms with van der Waals surface area (Å²) in [4.78, 5) is 2.40. The average Bonchev–Trinajstić information content (AvgIpc) is 2.63. The third kappa shape index (κ3) is 4.17. The van der Waals surface area contributed by atoms with Crippen LogP contribution in [0.15, 0.2) is 78.9 Å². The summed E-state index contributed by atoms with van der Waals surface area (Å²) >= 11 is 0. The summed E-state index contributed by atoms with van der Waals surface area (Å²) in [5.74, 6) is 0.892. The van der Waals surface area contributed by atoms with Crippen molar-refractivity contribution < 1.29 is 4.74 Å². The van der Waals surface area contributed by atoms with Crippen LogP contribution >= 0.6 is 0 Å². The second kappa shape index (κ2) is 7.69.